The molecule has 0 aromatic heterocycles. The van der Waals surface area contributed by atoms with Crippen LogP contribution in [0.2, 0.25) is 5.02 Å². The number of halogens is 3. The molecular weight excluding hydrogens is 383 g/mol. The molecule has 1 saturated heterocycles. The molecule has 3 aliphatic rings. The summed E-state index contributed by atoms with van der Waals surface area (Å²) in [6, 6.07) is 4.47. The molecule has 1 aromatic carbocycles. The first-order valence-electron chi connectivity index (χ1n) is 8.87. The Bertz CT molecular complexity index is 543. The Hall–Kier alpha value is -0.390. The molecule has 0 unspecified atom stereocenters. The molecule has 2 fully saturated rings. The molecular formula is C18H27Cl3N2O2. The van der Waals surface area contributed by atoms with Gasteiger partial charge in [-0.25, -0.2) is 0 Å². The Morgan fingerprint density at radius 2 is 1.64 bits per heavy atom. The summed E-state index contributed by atoms with van der Waals surface area (Å²) < 4.78 is 11.1. The highest BCUT2D eigenvalue weighted by molar-refractivity contribution is 6.31. The number of nitrogens with zero attached hydrogens (tertiary/aromatic N) is 1. The number of ether oxygens (including phenoxy) is 2. The number of piperazine rings is 1. The van der Waals surface area contributed by atoms with Crippen molar-refractivity contribution in [1.29, 1.82) is 0 Å². The van der Waals surface area contributed by atoms with Crippen LogP contribution in [0.3, 0.4) is 0 Å². The van der Waals surface area contributed by atoms with Crippen LogP contribution in [0.25, 0.3) is 0 Å². The molecule has 1 aliphatic carbocycles. The first kappa shape index (κ1) is 20.9. The van der Waals surface area contributed by atoms with Gasteiger partial charge in [0.25, 0.3) is 0 Å². The summed E-state index contributed by atoms with van der Waals surface area (Å²) in [7, 11) is 0. The van der Waals surface area contributed by atoms with Gasteiger partial charge < -0.3 is 14.8 Å². The second-order valence-electron chi connectivity index (χ2n) is 6.86. The minimum atomic E-state index is 0. The van der Waals surface area contributed by atoms with E-state index in [4.69, 9.17) is 21.1 Å². The molecule has 25 heavy (non-hydrogen) atoms. The third kappa shape index (κ3) is 4.48. The highest BCUT2D eigenvalue weighted by Gasteiger charge is 2.33. The van der Waals surface area contributed by atoms with E-state index in [2.05, 4.69) is 16.3 Å². The number of benzene rings is 1. The molecule has 1 N–H and O–H groups in total. The van der Waals surface area contributed by atoms with E-state index in [1.54, 1.807) is 0 Å². The fourth-order valence-corrected chi connectivity index (χ4v) is 4.58. The molecule has 2 heterocycles. The van der Waals surface area contributed by atoms with Crippen molar-refractivity contribution in [3.05, 3.63) is 22.7 Å². The molecule has 7 heteroatoms. The third-order valence-corrected chi connectivity index (χ3v) is 5.78. The maximum atomic E-state index is 6.66. The van der Waals surface area contributed by atoms with E-state index in [1.165, 1.54) is 37.7 Å². The number of fused-ring (bicyclic) bond motifs is 1. The van der Waals surface area contributed by atoms with Gasteiger partial charge in [0.15, 0.2) is 11.5 Å². The SMILES string of the molecule is Cl.Cl.Clc1cc2c(cc1[C@H](C1CCCCC1)N1CCNCC1)OCO2. The van der Waals surface area contributed by atoms with Crippen LogP contribution < -0.4 is 14.8 Å². The van der Waals surface area contributed by atoms with E-state index in [0.29, 0.717) is 18.8 Å². The van der Waals surface area contributed by atoms with Gasteiger partial charge >= 0.3 is 0 Å². The summed E-state index contributed by atoms with van der Waals surface area (Å²) in [6.07, 6.45) is 6.67. The predicted octanol–water partition coefficient (Wildman–Crippen LogP) is 4.44. The number of hydrogen-bond acceptors (Lipinski definition) is 4. The summed E-state index contributed by atoms with van der Waals surface area (Å²) in [5.41, 5.74) is 1.23. The molecule has 0 amide bonds. The van der Waals surface area contributed by atoms with E-state index in [-0.39, 0.29) is 24.8 Å². The zero-order valence-corrected chi connectivity index (χ0v) is 16.7. The van der Waals surface area contributed by atoms with E-state index in [9.17, 15) is 0 Å². The Labute approximate surface area is 167 Å². The first-order valence-corrected chi connectivity index (χ1v) is 9.24. The lowest BCUT2D eigenvalue weighted by atomic mass is 9.80. The van der Waals surface area contributed by atoms with Gasteiger partial charge in [0.05, 0.1) is 0 Å². The summed E-state index contributed by atoms with van der Waals surface area (Å²) in [6.45, 7) is 4.60. The molecule has 0 radical (unpaired) electrons. The fraction of sp³-hybridized carbons (Fsp3) is 0.667. The normalized spacial score (nSPS) is 22.0. The van der Waals surface area contributed by atoms with Gasteiger partial charge in [0, 0.05) is 43.3 Å². The lowest BCUT2D eigenvalue weighted by molar-refractivity contribution is 0.103. The van der Waals surface area contributed by atoms with E-state index in [0.717, 1.165) is 42.7 Å². The van der Waals surface area contributed by atoms with Crippen LogP contribution in [0.1, 0.15) is 43.7 Å². The van der Waals surface area contributed by atoms with Crippen molar-refractivity contribution >= 4 is 36.4 Å². The molecule has 4 rings (SSSR count). The zero-order chi connectivity index (χ0) is 15.6. The number of nitrogens with one attached hydrogen (secondary N) is 1. The number of hydrogen-bond donors (Lipinski definition) is 1. The van der Waals surface area contributed by atoms with Gasteiger partial charge in [-0.1, -0.05) is 30.9 Å². The standard InChI is InChI=1S/C18H25ClN2O2.2ClH/c19-15-11-17-16(22-12-23-17)10-14(15)18(13-4-2-1-3-5-13)21-8-6-20-7-9-21;;/h10-11,13,18,20H,1-9,12H2;2*1H/t18-;;/m0../s1. The molecule has 4 nitrogen and oxygen atoms in total. The summed E-state index contributed by atoms with van der Waals surface area (Å²) >= 11 is 6.66. The average molecular weight is 410 g/mol. The van der Waals surface area contributed by atoms with Crippen molar-refractivity contribution < 1.29 is 9.47 Å². The second-order valence-corrected chi connectivity index (χ2v) is 7.26. The minimum Gasteiger partial charge on any atom is -0.454 e. The fourth-order valence-electron chi connectivity index (χ4n) is 4.32. The van der Waals surface area contributed by atoms with Crippen LogP contribution in [0.15, 0.2) is 12.1 Å². The van der Waals surface area contributed by atoms with Gasteiger partial charge in [-0.05, 0) is 30.4 Å². The van der Waals surface area contributed by atoms with Gasteiger partial charge in [-0.2, -0.15) is 0 Å². The Balaban J connectivity index is 0.00000113. The molecule has 0 bridgehead atoms. The van der Waals surface area contributed by atoms with Crippen molar-refractivity contribution in [2.45, 2.75) is 38.1 Å². The van der Waals surface area contributed by atoms with E-state index >= 15 is 0 Å². The maximum Gasteiger partial charge on any atom is 0.231 e. The smallest absolute Gasteiger partial charge is 0.231 e. The summed E-state index contributed by atoms with van der Waals surface area (Å²) in [5, 5.41) is 4.28. The average Bonchev–Trinajstić information content (AvgIpc) is 3.04. The lowest BCUT2D eigenvalue weighted by Crippen LogP contribution is -2.47. The minimum absolute atomic E-state index is 0. The zero-order valence-electron chi connectivity index (χ0n) is 14.3. The predicted molar refractivity (Wildman–Crippen MR) is 106 cm³/mol. The van der Waals surface area contributed by atoms with Crippen LogP contribution in [0.4, 0.5) is 0 Å². The van der Waals surface area contributed by atoms with Crippen molar-refractivity contribution in [2.75, 3.05) is 33.0 Å². The molecule has 142 valence electrons. The third-order valence-electron chi connectivity index (χ3n) is 5.45. The van der Waals surface area contributed by atoms with Crippen molar-refractivity contribution in [1.82, 2.24) is 10.2 Å². The Morgan fingerprint density at radius 3 is 2.32 bits per heavy atom. The van der Waals surface area contributed by atoms with Crippen molar-refractivity contribution in [2.24, 2.45) is 5.92 Å². The van der Waals surface area contributed by atoms with Crippen LogP contribution in [-0.2, 0) is 0 Å². The van der Waals surface area contributed by atoms with Crippen LogP contribution >= 0.6 is 36.4 Å². The Kier molecular flexibility index (Phi) is 7.96. The lowest BCUT2D eigenvalue weighted by Gasteiger charge is -2.41. The van der Waals surface area contributed by atoms with Gasteiger partial charge in [0.2, 0.25) is 6.79 Å². The molecule has 1 aromatic rings. The van der Waals surface area contributed by atoms with Crippen LogP contribution in [-0.4, -0.2) is 37.9 Å². The summed E-state index contributed by atoms with van der Waals surface area (Å²) in [4.78, 5) is 2.62. The highest BCUT2D eigenvalue weighted by atomic mass is 35.5. The van der Waals surface area contributed by atoms with Crippen molar-refractivity contribution in [3.63, 3.8) is 0 Å². The van der Waals surface area contributed by atoms with Gasteiger partial charge in [-0.15, -0.1) is 24.8 Å². The van der Waals surface area contributed by atoms with Gasteiger partial charge in [-0.3, -0.25) is 4.90 Å². The molecule has 1 saturated carbocycles. The quantitative estimate of drug-likeness (QED) is 0.800. The van der Waals surface area contributed by atoms with E-state index < -0.39 is 0 Å². The molecule has 0 spiro atoms. The second kappa shape index (κ2) is 9.52. The highest BCUT2D eigenvalue weighted by Crippen LogP contribution is 2.45. The van der Waals surface area contributed by atoms with E-state index in [1.807, 2.05) is 6.07 Å². The first-order chi connectivity index (χ1) is 11.3. The van der Waals surface area contributed by atoms with Crippen LogP contribution in [0.5, 0.6) is 11.5 Å². The summed E-state index contributed by atoms with van der Waals surface area (Å²) in [5.74, 6) is 2.32. The topological polar surface area (TPSA) is 33.7 Å². The molecule has 2 aliphatic heterocycles. The monoisotopic (exact) mass is 408 g/mol. The largest absolute Gasteiger partial charge is 0.454 e. The van der Waals surface area contributed by atoms with Crippen molar-refractivity contribution in [3.8, 4) is 11.5 Å². The maximum absolute atomic E-state index is 6.66. The van der Waals surface area contributed by atoms with Gasteiger partial charge in [0.1, 0.15) is 0 Å². The number of rotatable bonds is 3. The Morgan fingerprint density at radius 1 is 1.00 bits per heavy atom. The molecule has 1 atom stereocenters. The van der Waals surface area contributed by atoms with Crippen LogP contribution in [0, 0.1) is 5.92 Å².